The first-order valence-corrected chi connectivity index (χ1v) is 6.31. The number of hydrogen-bond donors (Lipinski definition) is 2. The Labute approximate surface area is 102 Å². The van der Waals surface area contributed by atoms with E-state index in [9.17, 15) is 0 Å². The van der Waals surface area contributed by atoms with Crippen molar-refractivity contribution < 1.29 is 0 Å². The highest BCUT2D eigenvalue weighted by Gasteiger charge is 2.17. The van der Waals surface area contributed by atoms with Gasteiger partial charge in [0.1, 0.15) is 0 Å². The van der Waals surface area contributed by atoms with Crippen LogP contribution in [0.5, 0.6) is 0 Å². The summed E-state index contributed by atoms with van der Waals surface area (Å²) in [7, 11) is 0. The maximum Gasteiger partial charge on any atom is 0.0765 e. The fraction of sp³-hybridized carbons (Fsp3) is 0.538. The number of hydrogen-bond acceptors (Lipinski definition) is 2. The molecule has 1 heterocycles. The first-order chi connectivity index (χ1) is 7.66. The predicted octanol–water partition coefficient (Wildman–Crippen LogP) is 3.84. The summed E-state index contributed by atoms with van der Waals surface area (Å²) in [6.45, 7) is 6.57. The van der Waals surface area contributed by atoms with Crippen molar-refractivity contribution >= 4 is 23.0 Å². The Kier molecular flexibility index (Phi) is 3.59. The molecule has 0 fully saturated rings. The first kappa shape index (κ1) is 11.6. The molecule has 1 aromatic carbocycles. The lowest BCUT2D eigenvalue weighted by Gasteiger charge is -2.16. The molecule has 16 heavy (non-hydrogen) atoms. The van der Waals surface area contributed by atoms with Gasteiger partial charge in [-0.1, -0.05) is 31.5 Å². The Morgan fingerprint density at radius 2 is 2.06 bits per heavy atom. The van der Waals surface area contributed by atoms with Gasteiger partial charge in [0.25, 0.3) is 0 Å². The molecule has 3 heteroatoms. The Bertz CT molecular complexity index is 363. The van der Waals surface area contributed by atoms with Gasteiger partial charge < -0.3 is 10.6 Å². The second-order valence-electron chi connectivity index (χ2n) is 4.92. The van der Waals surface area contributed by atoms with Crippen molar-refractivity contribution in [3.05, 3.63) is 23.2 Å². The van der Waals surface area contributed by atoms with E-state index in [0.717, 1.165) is 35.4 Å². The average molecular weight is 239 g/mol. The molecule has 1 aliphatic heterocycles. The van der Waals surface area contributed by atoms with Crippen molar-refractivity contribution in [3.63, 3.8) is 0 Å². The lowest BCUT2D eigenvalue weighted by Crippen LogP contribution is -2.20. The SMILES string of the molecule is CC(C)CC1CNc2cccc(Cl)c2NC1. The highest BCUT2D eigenvalue weighted by molar-refractivity contribution is 6.34. The van der Waals surface area contributed by atoms with Crippen LogP contribution < -0.4 is 10.6 Å². The lowest BCUT2D eigenvalue weighted by molar-refractivity contribution is 0.444. The van der Waals surface area contributed by atoms with Gasteiger partial charge in [-0.3, -0.25) is 0 Å². The second kappa shape index (κ2) is 4.96. The van der Waals surface area contributed by atoms with Gasteiger partial charge in [0.05, 0.1) is 16.4 Å². The van der Waals surface area contributed by atoms with E-state index in [-0.39, 0.29) is 0 Å². The van der Waals surface area contributed by atoms with Crippen LogP contribution in [0.1, 0.15) is 20.3 Å². The zero-order valence-corrected chi connectivity index (χ0v) is 10.6. The molecule has 1 atom stereocenters. The molecule has 1 aliphatic rings. The Morgan fingerprint density at radius 1 is 1.31 bits per heavy atom. The summed E-state index contributed by atoms with van der Waals surface area (Å²) < 4.78 is 0. The van der Waals surface area contributed by atoms with Crippen LogP contribution in [-0.4, -0.2) is 13.1 Å². The van der Waals surface area contributed by atoms with E-state index >= 15 is 0 Å². The van der Waals surface area contributed by atoms with Crippen LogP contribution in [0.3, 0.4) is 0 Å². The summed E-state index contributed by atoms with van der Waals surface area (Å²) in [5.74, 6) is 1.41. The van der Waals surface area contributed by atoms with Crippen molar-refractivity contribution in [2.75, 3.05) is 23.7 Å². The van der Waals surface area contributed by atoms with Gasteiger partial charge in [-0.2, -0.15) is 0 Å². The lowest BCUT2D eigenvalue weighted by atomic mass is 9.97. The molecule has 2 N–H and O–H groups in total. The third-order valence-corrected chi connectivity index (χ3v) is 3.28. The summed E-state index contributed by atoms with van der Waals surface area (Å²) in [4.78, 5) is 0. The minimum Gasteiger partial charge on any atom is -0.383 e. The number of para-hydroxylation sites is 1. The van der Waals surface area contributed by atoms with Crippen molar-refractivity contribution in [1.82, 2.24) is 0 Å². The molecule has 0 aromatic heterocycles. The van der Waals surface area contributed by atoms with Gasteiger partial charge in [-0.05, 0) is 30.4 Å². The average Bonchev–Trinajstić information content (AvgIpc) is 2.42. The molecule has 0 radical (unpaired) electrons. The van der Waals surface area contributed by atoms with E-state index in [4.69, 9.17) is 11.6 Å². The van der Waals surface area contributed by atoms with Crippen molar-refractivity contribution in [1.29, 1.82) is 0 Å². The van der Waals surface area contributed by atoms with E-state index in [1.807, 2.05) is 12.1 Å². The summed E-state index contributed by atoms with van der Waals surface area (Å²) in [5.41, 5.74) is 2.18. The molecule has 0 spiro atoms. The number of fused-ring (bicyclic) bond motifs is 1. The fourth-order valence-electron chi connectivity index (χ4n) is 2.26. The summed E-state index contributed by atoms with van der Waals surface area (Å²) >= 11 is 6.17. The molecule has 2 rings (SSSR count). The minimum absolute atomic E-state index is 0.670. The molecule has 1 aromatic rings. The number of halogens is 1. The van der Waals surface area contributed by atoms with Gasteiger partial charge in [0, 0.05) is 13.1 Å². The molecule has 2 nitrogen and oxygen atoms in total. The molecular weight excluding hydrogens is 220 g/mol. The maximum atomic E-state index is 6.17. The molecule has 0 aliphatic carbocycles. The standard InChI is InChI=1S/C13H19ClN2/c1-9(2)6-10-7-15-12-5-3-4-11(14)13(12)16-8-10/h3-5,9-10,15-16H,6-8H2,1-2H3. The van der Waals surface area contributed by atoms with E-state index < -0.39 is 0 Å². The zero-order chi connectivity index (χ0) is 11.5. The normalized spacial score (nSPS) is 19.6. The largest absolute Gasteiger partial charge is 0.383 e. The summed E-state index contributed by atoms with van der Waals surface area (Å²) in [6.07, 6.45) is 1.24. The van der Waals surface area contributed by atoms with E-state index in [0.29, 0.717) is 5.92 Å². The van der Waals surface area contributed by atoms with E-state index in [1.54, 1.807) is 0 Å². The number of rotatable bonds is 2. The van der Waals surface area contributed by atoms with Crippen molar-refractivity contribution in [2.24, 2.45) is 11.8 Å². The second-order valence-corrected chi connectivity index (χ2v) is 5.33. The van der Waals surface area contributed by atoms with Crippen LogP contribution in [0.2, 0.25) is 5.02 Å². The predicted molar refractivity (Wildman–Crippen MR) is 71.4 cm³/mol. The van der Waals surface area contributed by atoms with Crippen LogP contribution in [0.4, 0.5) is 11.4 Å². The molecule has 88 valence electrons. The third-order valence-electron chi connectivity index (χ3n) is 2.97. The topological polar surface area (TPSA) is 24.1 Å². The molecule has 0 bridgehead atoms. The van der Waals surface area contributed by atoms with Gasteiger partial charge in [0.2, 0.25) is 0 Å². The monoisotopic (exact) mass is 238 g/mol. The van der Waals surface area contributed by atoms with Gasteiger partial charge in [-0.25, -0.2) is 0 Å². The van der Waals surface area contributed by atoms with Crippen LogP contribution in [0.15, 0.2) is 18.2 Å². The Balaban J connectivity index is 2.10. The third kappa shape index (κ3) is 2.62. The first-order valence-electron chi connectivity index (χ1n) is 5.93. The number of benzene rings is 1. The molecule has 0 saturated carbocycles. The fourth-order valence-corrected chi connectivity index (χ4v) is 2.50. The summed E-state index contributed by atoms with van der Waals surface area (Å²) in [6, 6.07) is 5.99. The quantitative estimate of drug-likeness (QED) is 0.818. The highest BCUT2D eigenvalue weighted by Crippen LogP contribution is 2.32. The van der Waals surface area contributed by atoms with Crippen molar-refractivity contribution in [2.45, 2.75) is 20.3 Å². The zero-order valence-electron chi connectivity index (χ0n) is 9.89. The Hall–Kier alpha value is -0.890. The van der Waals surface area contributed by atoms with Gasteiger partial charge >= 0.3 is 0 Å². The van der Waals surface area contributed by atoms with Crippen LogP contribution in [0, 0.1) is 11.8 Å². The molecule has 0 saturated heterocycles. The molecule has 0 amide bonds. The summed E-state index contributed by atoms with van der Waals surface area (Å²) in [5, 5.41) is 7.73. The molecular formula is C13H19ClN2. The molecule has 1 unspecified atom stereocenters. The van der Waals surface area contributed by atoms with Crippen LogP contribution in [0.25, 0.3) is 0 Å². The maximum absolute atomic E-state index is 6.17. The minimum atomic E-state index is 0.670. The number of anilines is 2. The smallest absolute Gasteiger partial charge is 0.0765 e. The van der Waals surface area contributed by atoms with Crippen LogP contribution >= 0.6 is 11.6 Å². The Morgan fingerprint density at radius 3 is 2.81 bits per heavy atom. The van der Waals surface area contributed by atoms with Crippen LogP contribution in [-0.2, 0) is 0 Å². The van der Waals surface area contributed by atoms with Gasteiger partial charge in [0.15, 0.2) is 0 Å². The van der Waals surface area contributed by atoms with E-state index in [1.165, 1.54) is 6.42 Å². The highest BCUT2D eigenvalue weighted by atomic mass is 35.5. The number of nitrogens with one attached hydrogen (secondary N) is 2. The van der Waals surface area contributed by atoms with Gasteiger partial charge in [-0.15, -0.1) is 0 Å². The van der Waals surface area contributed by atoms with Crippen molar-refractivity contribution in [3.8, 4) is 0 Å². The van der Waals surface area contributed by atoms with E-state index in [2.05, 4.69) is 30.5 Å².